The fourth-order valence-corrected chi connectivity index (χ4v) is 4.56. The van der Waals surface area contributed by atoms with Gasteiger partial charge in [0, 0.05) is 29.1 Å². The smallest absolute Gasteiger partial charge is 0.232 e. The highest BCUT2D eigenvalue weighted by Crippen LogP contribution is 2.44. The van der Waals surface area contributed by atoms with E-state index >= 15 is 4.39 Å². The van der Waals surface area contributed by atoms with Crippen molar-refractivity contribution in [2.75, 3.05) is 10.5 Å². The summed E-state index contributed by atoms with van der Waals surface area (Å²) in [5, 5.41) is 0.171. The maximum absolute atomic E-state index is 15.5. The van der Waals surface area contributed by atoms with Crippen LogP contribution in [0.15, 0.2) is 28.8 Å². The second-order valence-corrected chi connectivity index (χ2v) is 9.73. The van der Waals surface area contributed by atoms with Crippen LogP contribution in [-0.4, -0.2) is 29.1 Å². The van der Waals surface area contributed by atoms with E-state index < -0.39 is 15.8 Å². The van der Waals surface area contributed by atoms with Gasteiger partial charge < -0.3 is 4.42 Å². The van der Waals surface area contributed by atoms with E-state index in [9.17, 15) is 8.42 Å². The minimum atomic E-state index is -3.71. The lowest BCUT2D eigenvalue weighted by molar-refractivity contribution is 0.507. The molecule has 1 aromatic carbocycles. The van der Waals surface area contributed by atoms with Gasteiger partial charge in [0.05, 0.1) is 11.4 Å². The molecule has 3 aromatic rings. The third kappa shape index (κ3) is 4.72. The largest absolute Gasteiger partial charge is 0.438 e. The number of rotatable bonds is 8. The summed E-state index contributed by atoms with van der Waals surface area (Å²) in [5.74, 6) is 0.718. The average Bonchev–Trinajstić information content (AvgIpc) is 3.49. The van der Waals surface area contributed by atoms with Crippen molar-refractivity contribution in [2.24, 2.45) is 0 Å². The lowest BCUT2D eigenvalue weighted by Crippen LogP contribution is -2.17. The van der Waals surface area contributed by atoms with Gasteiger partial charge in [-0.2, -0.15) is 0 Å². The molecule has 1 aliphatic carbocycles. The maximum Gasteiger partial charge on any atom is 0.232 e. The van der Waals surface area contributed by atoms with Crippen LogP contribution < -0.4 is 4.72 Å². The third-order valence-electron chi connectivity index (χ3n) is 4.86. The molecule has 2 heterocycles. The van der Waals surface area contributed by atoms with Crippen LogP contribution in [-0.2, 0) is 16.4 Å². The number of benzene rings is 1. The van der Waals surface area contributed by atoms with Crippen LogP contribution in [0.1, 0.15) is 50.7 Å². The quantitative estimate of drug-likeness (QED) is 0.493. The summed E-state index contributed by atoms with van der Waals surface area (Å²) in [4.78, 5) is 13.2. The molecule has 0 atom stereocenters. The first-order valence-corrected chi connectivity index (χ1v) is 12.2. The number of aryl methyl sites for hydroxylation is 1. The predicted molar refractivity (Wildman–Crippen MR) is 117 cm³/mol. The van der Waals surface area contributed by atoms with Gasteiger partial charge >= 0.3 is 0 Å². The highest BCUT2D eigenvalue weighted by Gasteiger charge is 2.32. The van der Waals surface area contributed by atoms with Crippen LogP contribution in [0.25, 0.3) is 22.7 Å². The summed E-state index contributed by atoms with van der Waals surface area (Å²) in [6.07, 6.45) is 4.54. The molecule has 1 saturated carbocycles. The number of halogens is 2. The Kier molecular flexibility index (Phi) is 5.98. The Hall–Kier alpha value is -2.52. The van der Waals surface area contributed by atoms with E-state index in [-0.39, 0.29) is 33.6 Å². The highest BCUT2D eigenvalue weighted by atomic mass is 35.5. The monoisotopic (exact) mass is 464 g/mol. The number of hydrogen-bond donors (Lipinski definition) is 1. The predicted octanol–water partition coefficient (Wildman–Crippen LogP) is 5.18. The van der Waals surface area contributed by atoms with Gasteiger partial charge in [0.1, 0.15) is 17.2 Å². The SMILES string of the molecule is CCCS(=O)(=O)Nc1cc(Cl)cc(-c2nc(C3CC3)oc2-c2ccnc(CC)n2)c1F. The second-order valence-electron chi connectivity index (χ2n) is 7.45. The van der Waals surface area contributed by atoms with Crippen LogP contribution in [0.3, 0.4) is 0 Å². The van der Waals surface area contributed by atoms with Crippen LogP contribution in [0, 0.1) is 5.82 Å². The Morgan fingerprint density at radius 1 is 1.26 bits per heavy atom. The lowest BCUT2D eigenvalue weighted by atomic mass is 10.1. The fourth-order valence-electron chi connectivity index (χ4n) is 3.22. The fraction of sp³-hybridized carbons (Fsp3) is 0.381. The first kappa shape index (κ1) is 21.7. The summed E-state index contributed by atoms with van der Waals surface area (Å²) in [5.41, 5.74) is 0.533. The van der Waals surface area contributed by atoms with Gasteiger partial charge in [-0.25, -0.2) is 27.8 Å². The molecule has 1 aliphatic rings. The molecule has 1 fully saturated rings. The Morgan fingerprint density at radius 2 is 2.03 bits per heavy atom. The molecule has 31 heavy (non-hydrogen) atoms. The van der Waals surface area contributed by atoms with E-state index in [4.69, 9.17) is 16.0 Å². The zero-order valence-corrected chi connectivity index (χ0v) is 18.7. The van der Waals surface area contributed by atoms with Gasteiger partial charge in [0.15, 0.2) is 17.5 Å². The summed E-state index contributed by atoms with van der Waals surface area (Å²) in [6, 6.07) is 4.33. The molecule has 1 N–H and O–H groups in total. The molecule has 0 spiro atoms. The summed E-state index contributed by atoms with van der Waals surface area (Å²) >= 11 is 6.22. The van der Waals surface area contributed by atoms with Crippen molar-refractivity contribution in [3.8, 4) is 22.7 Å². The average molecular weight is 465 g/mol. The van der Waals surface area contributed by atoms with Gasteiger partial charge in [-0.3, -0.25) is 4.72 Å². The van der Waals surface area contributed by atoms with Crippen LogP contribution in [0.2, 0.25) is 5.02 Å². The normalized spacial score (nSPS) is 14.1. The van der Waals surface area contributed by atoms with Crippen molar-refractivity contribution in [2.45, 2.75) is 45.4 Å². The van der Waals surface area contributed by atoms with Gasteiger partial charge in [0.25, 0.3) is 0 Å². The standard InChI is InChI=1S/C21H22ClFN4O3S/c1-3-9-31(28,29)27-16-11-13(22)10-14(18(16)23)19-20(30-21(26-19)12-5-6-12)15-7-8-24-17(4-2)25-15/h7-8,10-12,27H,3-6,9H2,1-2H3. The lowest BCUT2D eigenvalue weighted by Gasteiger charge is -2.11. The Bertz CT molecular complexity index is 1230. The highest BCUT2D eigenvalue weighted by molar-refractivity contribution is 7.92. The molecule has 164 valence electrons. The molecule has 4 rings (SSSR count). The van der Waals surface area contributed by atoms with Crippen molar-refractivity contribution < 1.29 is 17.2 Å². The van der Waals surface area contributed by atoms with Gasteiger partial charge in [0.2, 0.25) is 10.0 Å². The van der Waals surface area contributed by atoms with E-state index in [2.05, 4.69) is 19.7 Å². The van der Waals surface area contributed by atoms with Crippen molar-refractivity contribution in [1.29, 1.82) is 0 Å². The number of nitrogens with one attached hydrogen (secondary N) is 1. The molecule has 0 bridgehead atoms. The van der Waals surface area contributed by atoms with Crippen LogP contribution >= 0.6 is 11.6 Å². The van der Waals surface area contributed by atoms with Crippen LogP contribution in [0.4, 0.5) is 10.1 Å². The minimum Gasteiger partial charge on any atom is -0.438 e. The molecule has 0 amide bonds. The van der Waals surface area contributed by atoms with E-state index in [1.165, 1.54) is 12.1 Å². The molecule has 7 nitrogen and oxygen atoms in total. The second kappa shape index (κ2) is 8.55. The molecule has 0 unspecified atom stereocenters. The Morgan fingerprint density at radius 3 is 2.71 bits per heavy atom. The van der Waals surface area contributed by atoms with Gasteiger partial charge in [-0.05, 0) is 37.5 Å². The third-order valence-corrected chi connectivity index (χ3v) is 6.55. The zero-order chi connectivity index (χ0) is 22.2. The van der Waals surface area contributed by atoms with E-state index in [0.717, 1.165) is 12.8 Å². The number of aromatic nitrogens is 3. The molecular weight excluding hydrogens is 443 g/mol. The van der Waals surface area contributed by atoms with E-state index in [0.29, 0.717) is 36.0 Å². The zero-order valence-electron chi connectivity index (χ0n) is 17.2. The summed E-state index contributed by atoms with van der Waals surface area (Å²) < 4.78 is 48.2. The maximum atomic E-state index is 15.5. The summed E-state index contributed by atoms with van der Waals surface area (Å²) in [7, 11) is -3.71. The van der Waals surface area contributed by atoms with Crippen LogP contribution in [0.5, 0.6) is 0 Å². The molecule has 2 aromatic heterocycles. The Labute approximate surface area is 185 Å². The molecule has 10 heteroatoms. The van der Waals surface area contributed by atoms with Gasteiger partial charge in [-0.1, -0.05) is 25.4 Å². The van der Waals surface area contributed by atoms with E-state index in [1.54, 1.807) is 19.2 Å². The van der Waals surface area contributed by atoms with E-state index in [1.807, 2.05) is 6.92 Å². The number of sulfonamides is 1. The number of hydrogen-bond acceptors (Lipinski definition) is 6. The molecule has 0 aliphatic heterocycles. The minimum absolute atomic E-state index is 0.0454. The Balaban J connectivity index is 1.86. The first-order chi connectivity index (χ1) is 14.8. The molecule has 0 radical (unpaired) electrons. The number of nitrogens with zero attached hydrogens (tertiary/aromatic N) is 3. The molecule has 0 saturated heterocycles. The van der Waals surface area contributed by atoms with Gasteiger partial charge in [-0.15, -0.1) is 0 Å². The summed E-state index contributed by atoms with van der Waals surface area (Å²) in [6.45, 7) is 3.66. The first-order valence-electron chi connectivity index (χ1n) is 10.1. The van der Waals surface area contributed by atoms with Crippen molar-refractivity contribution in [3.05, 3.63) is 47.0 Å². The van der Waals surface area contributed by atoms with Crippen molar-refractivity contribution in [1.82, 2.24) is 15.0 Å². The number of oxazole rings is 1. The molecular formula is C21H22ClFN4O3S. The van der Waals surface area contributed by atoms with Crippen molar-refractivity contribution >= 4 is 27.3 Å². The van der Waals surface area contributed by atoms with Crippen molar-refractivity contribution in [3.63, 3.8) is 0 Å². The number of anilines is 1. The topological polar surface area (TPSA) is 98.0 Å².